The fraction of sp³-hybridized carbons (Fsp3) is 0.368. The Morgan fingerprint density at radius 2 is 2.04 bits per heavy atom. The predicted molar refractivity (Wildman–Crippen MR) is 103 cm³/mol. The minimum Gasteiger partial charge on any atom is -0.469 e. The molecule has 1 unspecified atom stereocenters. The molecule has 0 fully saturated rings. The molecule has 0 aliphatic rings. The number of halogens is 1. The van der Waals surface area contributed by atoms with Crippen LogP contribution in [0.1, 0.15) is 36.8 Å². The number of hydrogen-bond donors (Lipinski definition) is 0. The summed E-state index contributed by atoms with van der Waals surface area (Å²) < 4.78 is 6.88. The maximum absolute atomic E-state index is 6.07. The third-order valence-corrected chi connectivity index (χ3v) is 4.48. The van der Waals surface area contributed by atoms with Crippen molar-refractivity contribution in [2.75, 3.05) is 13.6 Å². The standard InChI is InChI=1S/C19H24BrN3O/c1-6-23(5)12-21-18-11-17(20)19(22-14(18)3)24-15(4)16-10-8-7-9-13(16)2/h7-12,15H,6H2,1-5H3. The van der Waals surface area contributed by atoms with E-state index in [2.05, 4.69) is 51.9 Å². The van der Waals surface area contributed by atoms with Crippen LogP contribution in [0.25, 0.3) is 0 Å². The van der Waals surface area contributed by atoms with Gasteiger partial charge in [-0.05, 0) is 60.8 Å². The van der Waals surface area contributed by atoms with E-state index >= 15 is 0 Å². The van der Waals surface area contributed by atoms with Crippen LogP contribution in [0.3, 0.4) is 0 Å². The van der Waals surface area contributed by atoms with Crippen molar-refractivity contribution in [1.29, 1.82) is 0 Å². The molecule has 0 saturated carbocycles. The number of benzene rings is 1. The van der Waals surface area contributed by atoms with Crippen molar-refractivity contribution >= 4 is 28.0 Å². The zero-order chi connectivity index (χ0) is 17.7. The van der Waals surface area contributed by atoms with E-state index in [0.29, 0.717) is 5.88 Å². The first-order chi connectivity index (χ1) is 11.4. The molecule has 0 aliphatic heterocycles. The van der Waals surface area contributed by atoms with Crippen LogP contribution in [0.4, 0.5) is 5.69 Å². The van der Waals surface area contributed by atoms with Crippen LogP contribution in [-0.4, -0.2) is 29.8 Å². The third-order valence-electron chi connectivity index (χ3n) is 3.92. The fourth-order valence-corrected chi connectivity index (χ4v) is 2.68. The summed E-state index contributed by atoms with van der Waals surface area (Å²) in [5, 5.41) is 0. The highest BCUT2D eigenvalue weighted by Crippen LogP contribution is 2.32. The number of aromatic nitrogens is 1. The summed E-state index contributed by atoms with van der Waals surface area (Å²) in [4.78, 5) is 11.1. The largest absolute Gasteiger partial charge is 0.469 e. The minimum absolute atomic E-state index is 0.0741. The lowest BCUT2D eigenvalue weighted by molar-refractivity contribution is 0.215. The van der Waals surface area contributed by atoms with Crippen molar-refractivity contribution in [2.24, 2.45) is 4.99 Å². The first-order valence-electron chi connectivity index (χ1n) is 8.06. The number of rotatable bonds is 6. The summed E-state index contributed by atoms with van der Waals surface area (Å²) in [5.74, 6) is 0.589. The van der Waals surface area contributed by atoms with Crippen LogP contribution < -0.4 is 4.74 Å². The van der Waals surface area contributed by atoms with Crippen LogP contribution in [0.5, 0.6) is 5.88 Å². The van der Waals surface area contributed by atoms with Gasteiger partial charge in [0.25, 0.3) is 0 Å². The van der Waals surface area contributed by atoms with E-state index in [0.717, 1.165) is 28.0 Å². The zero-order valence-corrected chi connectivity index (χ0v) is 16.5. The lowest BCUT2D eigenvalue weighted by Gasteiger charge is -2.18. The lowest BCUT2D eigenvalue weighted by atomic mass is 10.0. The molecule has 0 radical (unpaired) electrons. The average molecular weight is 390 g/mol. The molecule has 0 aliphatic carbocycles. The number of pyridine rings is 1. The Morgan fingerprint density at radius 1 is 1.33 bits per heavy atom. The number of ether oxygens (including phenoxy) is 1. The number of hydrogen-bond acceptors (Lipinski definition) is 3. The molecule has 1 heterocycles. The molecule has 0 saturated heterocycles. The van der Waals surface area contributed by atoms with Crippen molar-refractivity contribution in [3.8, 4) is 5.88 Å². The topological polar surface area (TPSA) is 37.7 Å². The molecule has 1 atom stereocenters. The Kier molecular flexibility index (Phi) is 6.37. The van der Waals surface area contributed by atoms with Gasteiger partial charge in [0.15, 0.2) is 0 Å². The quantitative estimate of drug-likeness (QED) is 0.502. The summed E-state index contributed by atoms with van der Waals surface area (Å²) in [6.07, 6.45) is 1.74. The van der Waals surface area contributed by atoms with Gasteiger partial charge < -0.3 is 9.64 Å². The van der Waals surface area contributed by atoms with Crippen LogP contribution in [-0.2, 0) is 0 Å². The minimum atomic E-state index is -0.0741. The van der Waals surface area contributed by atoms with E-state index in [1.54, 1.807) is 0 Å². The van der Waals surface area contributed by atoms with Crippen LogP contribution in [0, 0.1) is 13.8 Å². The normalized spacial score (nSPS) is 12.4. The van der Waals surface area contributed by atoms with Crippen LogP contribution >= 0.6 is 15.9 Å². The SMILES string of the molecule is CCN(C)C=Nc1cc(Br)c(OC(C)c2ccccc2C)nc1C. The van der Waals surface area contributed by atoms with Gasteiger partial charge in [0.1, 0.15) is 6.10 Å². The van der Waals surface area contributed by atoms with E-state index < -0.39 is 0 Å². The highest BCUT2D eigenvalue weighted by Gasteiger charge is 2.14. The number of aryl methyl sites for hydroxylation is 2. The van der Waals surface area contributed by atoms with Gasteiger partial charge >= 0.3 is 0 Å². The summed E-state index contributed by atoms with van der Waals surface area (Å²) in [7, 11) is 1.99. The zero-order valence-electron chi connectivity index (χ0n) is 14.9. The number of aliphatic imine (C=N–C) groups is 1. The maximum atomic E-state index is 6.07. The highest BCUT2D eigenvalue weighted by molar-refractivity contribution is 9.10. The fourth-order valence-electron chi connectivity index (χ4n) is 2.28. The molecule has 0 spiro atoms. The molecule has 24 heavy (non-hydrogen) atoms. The van der Waals surface area contributed by atoms with Gasteiger partial charge in [0.2, 0.25) is 5.88 Å². The van der Waals surface area contributed by atoms with Gasteiger partial charge in [-0.2, -0.15) is 0 Å². The number of nitrogens with zero attached hydrogens (tertiary/aromatic N) is 3. The Bertz CT molecular complexity index is 731. The second kappa shape index (κ2) is 8.29. The van der Waals surface area contributed by atoms with E-state index in [1.807, 2.05) is 50.3 Å². The van der Waals surface area contributed by atoms with E-state index in [9.17, 15) is 0 Å². The van der Waals surface area contributed by atoms with Crippen LogP contribution in [0.2, 0.25) is 0 Å². The Morgan fingerprint density at radius 3 is 2.71 bits per heavy atom. The average Bonchev–Trinajstić information content (AvgIpc) is 2.56. The highest BCUT2D eigenvalue weighted by atomic mass is 79.9. The Labute approximate surface area is 152 Å². The van der Waals surface area contributed by atoms with Gasteiger partial charge in [0, 0.05) is 13.6 Å². The smallest absolute Gasteiger partial charge is 0.228 e. The van der Waals surface area contributed by atoms with Crippen LogP contribution in [0.15, 0.2) is 39.8 Å². The molecule has 1 aromatic heterocycles. The Balaban J connectivity index is 2.22. The first-order valence-corrected chi connectivity index (χ1v) is 8.85. The predicted octanol–water partition coefficient (Wildman–Crippen LogP) is 5.21. The molecular weight excluding hydrogens is 366 g/mol. The van der Waals surface area contributed by atoms with Crippen molar-refractivity contribution in [1.82, 2.24) is 9.88 Å². The van der Waals surface area contributed by atoms with Gasteiger partial charge in [0.05, 0.1) is 22.2 Å². The van der Waals surface area contributed by atoms with Gasteiger partial charge in [-0.25, -0.2) is 9.98 Å². The maximum Gasteiger partial charge on any atom is 0.228 e. The molecule has 5 heteroatoms. The molecule has 1 aromatic carbocycles. The second-order valence-electron chi connectivity index (χ2n) is 5.81. The second-order valence-corrected chi connectivity index (χ2v) is 6.67. The van der Waals surface area contributed by atoms with E-state index in [1.165, 1.54) is 5.56 Å². The molecule has 0 bridgehead atoms. The molecule has 0 N–H and O–H groups in total. The molecule has 128 valence electrons. The van der Waals surface area contributed by atoms with Crippen molar-refractivity contribution in [3.05, 3.63) is 51.6 Å². The van der Waals surface area contributed by atoms with Crippen molar-refractivity contribution in [2.45, 2.75) is 33.8 Å². The summed E-state index contributed by atoms with van der Waals surface area (Å²) in [5.41, 5.74) is 4.04. The summed E-state index contributed by atoms with van der Waals surface area (Å²) in [6, 6.07) is 10.2. The molecule has 0 amide bonds. The Hall–Kier alpha value is -1.88. The third kappa shape index (κ3) is 4.57. The van der Waals surface area contributed by atoms with Gasteiger partial charge in [-0.1, -0.05) is 24.3 Å². The first kappa shape index (κ1) is 18.5. The molecule has 4 nitrogen and oxygen atoms in total. The monoisotopic (exact) mass is 389 g/mol. The van der Waals surface area contributed by atoms with Crippen molar-refractivity contribution < 1.29 is 4.74 Å². The lowest BCUT2D eigenvalue weighted by Crippen LogP contribution is -2.14. The van der Waals surface area contributed by atoms with E-state index in [4.69, 9.17) is 4.74 Å². The summed E-state index contributed by atoms with van der Waals surface area (Å²) >= 11 is 3.55. The van der Waals surface area contributed by atoms with Crippen molar-refractivity contribution in [3.63, 3.8) is 0 Å². The molecular formula is C19H24BrN3O. The van der Waals surface area contributed by atoms with Gasteiger partial charge in [-0.15, -0.1) is 0 Å². The molecule has 2 rings (SSSR count). The van der Waals surface area contributed by atoms with E-state index in [-0.39, 0.29) is 6.10 Å². The summed E-state index contributed by atoms with van der Waals surface area (Å²) in [6.45, 7) is 9.05. The molecule has 2 aromatic rings. The van der Waals surface area contributed by atoms with Gasteiger partial charge in [-0.3, -0.25) is 0 Å².